The van der Waals surface area contributed by atoms with Gasteiger partial charge in [0.25, 0.3) is 0 Å². The Morgan fingerprint density at radius 1 is 0.630 bits per heavy atom. The van der Waals surface area contributed by atoms with Crippen LogP contribution in [0.2, 0.25) is 15.1 Å². The topological polar surface area (TPSA) is 749 Å². The summed E-state index contributed by atoms with van der Waals surface area (Å²) >= 11 is 20.9. The number of fused-ring (bicyclic) bond motifs is 15. The number of aliphatic carboxylic acids is 1. The molecule has 3 saturated heterocycles. The minimum Gasteiger partial charge on any atom is -0.508 e. The molecule has 8 aliphatic rings. The van der Waals surface area contributed by atoms with Gasteiger partial charge in [0.05, 0.1) is 59.4 Å². The molecule has 8 aliphatic heterocycles. The van der Waals surface area contributed by atoms with Crippen molar-refractivity contribution in [2.75, 3.05) is 20.4 Å². The molecule has 7 aromatic carbocycles. The molecule has 788 valence electrons. The van der Waals surface area contributed by atoms with Crippen molar-refractivity contribution < 1.29 is 180 Å². The number of amides is 9. The zero-order valence-electron chi connectivity index (χ0n) is 78.5. The number of carboxylic acids is 1. The van der Waals surface area contributed by atoms with E-state index < -0.39 is 355 Å². The molecule has 0 unspecified atom stereocenters. The molecule has 146 heavy (non-hydrogen) atoms. The van der Waals surface area contributed by atoms with Gasteiger partial charge in [-0.25, -0.2) is 9.59 Å². The lowest BCUT2D eigenvalue weighted by molar-refractivity contribution is -0.338. The molecule has 3 fully saturated rings. The number of benzene rings is 7. The van der Waals surface area contributed by atoms with Crippen LogP contribution >= 0.6 is 50.0 Å². The van der Waals surface area contributed by atoms with Gasteiger partial charge in [0.1, 0.15) is 95.6 Å². The number of carboxylic acid groups (broad SMARTS) is 1. The number of halogens is 3. The minimum absolute atomic E-state index is 0.136. The molecular weight excluding hydrogens is 2030 g/mol. The first-order valence-electron chi connectivity index (χ1n) is 45.2. The smallest absolute Gasteiger partial charge is 0.413 e. The summed E-state index contributed by atoms with van der Waals surface area (Å²) in [5, 5.41) is 137. The summed E-state index contributed by atoms with van der Waals surface area (Å²) in [6.07, 6.45) is -30.1. The van der Waals surface area contributed by atoms with Crippen LogP contribution in [-0.4, -0.2) is 270 Å². The lowest BCUT2D eigenvalue weighted by Crippen LogP contribution is -2.66. The molecule has 0 spiro atoms. The van der Waals surface area contributed by atoms with Crippen molar-refractivity contribution in [2.24, 2.45) is 17.4 Å². The number of ether oxygens (including phenoxy) is 10. The van der Waals surface area contributed by atoms with Gasteiger partial charge < -0.3 is 172 Å². The summed E-state index contributed by atoms with van der Waals surface area (Å²) in [4.78, 5) is 202. The molecule has 9 amide bonds. The number of carbonyl (C=O) groups is 11. The van der Waals surface area contributed by atoms with E-state index in [-0.39, 0.29) is 23.5 Å². The number of carbonyl (C=O) groups excluding carboxylic acids is 10. The number of nitrogens with zero attached hydrogens (tertiary/aromatic N) is 1. The Hall–Kier alpha value is -12.0. The third-order valence-electron chi connectivity index (χ3n) is 25.3. The number of esters is 1. The molecule has 48 nitrogen and oxygen atoms in total. The van der Waals surface area contributed by atoms with Crippen LogP contribution in [0, 0.1) is 5.92 Å². The van der Waals surface area contributed by atoms with Gasteiger partial charge in [-0.3, -0.25) is 57.2 Å². The molecule has 0 aliphatic carbocycles. The van der Waals surface area contributed by atoms with Gasteiger partial charge in [-0.2, -0.15) is 0 Å². The van der Waals surface area contributed by atoms with E-state index >= 15 is 28.8 Å². The molecular formula is C93H108Cl3N11O37P2. The molecule has 0 radical (unpaired) electrons. The quantitative estimate of drug-likeness (QED) is 0.0199. The fourth-order valence-electron chi connectivity index (χ4n) is 17.6. The number of primary amides is 1. The van der Waals surface area contributed by atoms with Crippen LogP contribution in [0.25, 0.3) is 22.3 Å². The highest BCUT2D eigenvalue weighted by molar-refractivity contribution is 7.70. The molecule has 22 atom stereocenters. The van der Waals surface area contributed by atoms with Crippen LogP contribution in [0.15, 0.2) is 127 Å². The van der Waals surface area contributed by atoms with Gasteiger partial charge in [-0.15, -0.1) is 0 Å². The zero-order valence-corrected chi connectivity index (χ0v) is 82.5. The SMILES string of the molecule is CN[C@H](CC(C)C)C(=O)N[C@H]1C(=O)N[C@@H](CC(N)=O)C(=O)N[C@H]2C(=O)N[C@H]3C(=O)N[C@H](C(=O)N[C@H](C(=O)O)c4cc(O)cc(O)c4-c4cc3ccc4O)[C@H](O[C@H]3C[C@](C)(N)[C@@H](O)[C@H](C)O3)c3ccc(c(Cl)c3)Oc3cc2cc(c3O[C@@H]2O[C@H](CO)[C@@H](O)[C@H](O)[C@H]2O[C@H]2C[C@](C)(N(Cc3ccc(-c4ccc(Cl)cc4)cc3)C(=O)OCOC(=O)CCC(=O)NC(P(=O)(O)O)P(=O)(O)O)[C@@H](O)[C@H](C)O2)Oc2ccc(cc2Cl)[C@H]1O. The Balaban J connectivity index is 0.987. The molecule has 11 bridgehead atoms. The first-order chi connectivity index (χ1) is 68.6. The Bertz CT molecular complexity index is 6210. The van der Waals surface area contributed by atoms with Crippen molar-refractivity contribution in [1.29, 1.82) is 0 Å². The number of nitrogens with two attached hydrogens (primary N) is 2. The second-order valence-electron chi connectivity index (χ2n) is 36.6. The van der Waals surface area contributed by atoms with Gasteiger partial charge in [0, 0.05) is 59.1 Å². The van der Waals surface area contributed by atoms with E-state index in [0.717, 1.165) is 77.7 Å². The van der Waals surface area contributed by atoms with Crippen LogP contribution in [0.3, 0.4) is 0 Å². The van der Waals surface area contributed by atoms with Crippen LogP contribution < -0.4 is 68.2 Å². The third-order valence-corrected chi connectivity index (χ3v) is 29.4. The maximum atomic E-state index is 16.7. The van der Waals surface area contributed by atoms with E-state index in [1.165, 1.54) is 46.1 Å². The Morgan fingerprint density at radius 3 is 1.80 bits per heavy atom. The highest BCUT2D eigenvalue weighted by Gasteiger charge is 2.56. The summed E-state index contributed by atoms with van der Waals surface area (Å²) < 4.78 is 87.4. The number of hydrogen-bond donors (Lipinski definition) is 24. The number of rotatable bonds is 27. The predicted octanol–water partition coefficient (Wildman–Crippen LogP) is 3.38. The highest BCUT2D eigenvalue weighted by Crippen LogP contribution is 2.59. The fourth-order valence-corrected chi connectivity index (χ4v) is 20.4. The summed E-state index contributed by atoms with van der Waals surface area (Å²) in [5.41, 5.74) is 4.28. The number of phenols is 3. The van der Waals surface area contributed by atoms with Gasteiger partial charge in [0.15, 0.2) is 36.2 Å². The lowest BCUT2D eigenvalue weighted by atomic mass is 9.83. The first kappa shape index (κ1) is 111. The van der Waals surface area contributed by atoms with Crippen molar-refractivity contribution in [2.45, 2.75) is 225 Å². The van der Waals surface area contributed by atoms with Gasteiger partial charge >= 0.3 is 33.2 Å². The number of likely N-dealkylation sites (N-methyl/N-ethyl adjacent to an activating group) is 1. The van der Waals surface area contributed by atoms with Gasteiger partial charge in [0.2, 0.25) is 71.6 Å². The molecule has 0 saturated carbocycles. The number of aromatic hydroxyl groups is 3. The molecule has 15 rings (SSSR count). The van der Waals surface area contributed by atoms with Crippen LogP contribution in [0.5, 0.6) is 46.0 Å². The van der Waals surface area contributed by atoms with Crippen molar-refractivity contribution in [3.63, 3.8) is 0 Å². The predicted molar refractivity (Wildman–Crippen MR) is 507 cm³/mol. The van der Waals surface area contributed by atoms with E-state index in [2.05, 4.69) is 37.2 Å². The normalized spacial score (nSPS) is 27.3. The number of aliphatic hydroxyl groups is 6. The third kappa shape index (κ3) is 25.5. The van der Waals surface area contributed by atoms with E-state index in [0.29, 0.717) is 21.7 Å². The Morgan fingerprint density at radius 2 is 1.21 bits per heavy atom. The maximum absolute atomic E-state index is 16.7. The second kappa shape index (κ2) is 45.8. The first-order valence-corrected chi connectivity index (χ1v) is 49.7. The molecule has 7 aromatic rings. The zero-order chi connectivity index (χ0) is 107. The highest BCUT2D eigenvalue weighted by atomic mass is 35.5. The van der Waals surface area contributed by atoms with Gasteiger partial charge in [-0.05, 0) is 153 Å². The maximum Gasteiger partial charge on any atom is 0.413 e. The lowest BCUT2D eigenvalue weighted by Gasteiger charge is -2.51. The standard InChI is InChI=1S/C93H108Cl3N11O37P2/c1-38(2)24-54(99-7)82(120)105-72-74(115)45-15-20-58(52(95)26-45)139-60-28-47-29-61(78(60)144-89-79(76(117)75(116)62(36-108)141-89)143-67-34-93(6,81(119)40(4)138-67)107(35-41-8-10-42(11-9-41)43-12-17-48(94)18-13-43)91(128)136-37-135-65(114)23-22-64(113)101-90(145(129,130)131)146(132,133)134)140-59-21-16-46(27-53(59)96)77(142-66-33-92(5,98)80(118)39(3)137-66)73-87(125)104-71(88(126)127)51-30-49(109)31-57(111)68(51)50-25-44(14-19-56(50)110)69(84(122)106-73)103-85(123)70(47)102-83(121)55(32-63(97)112)100-86(72)124/h8-21,25-31,38-40,54-55,62,66-67,69-77,79-81,89-90,99,108-111,115-119H,22-24,32-37,98H2,1-7H3,(H2,97,112)(H,100,124)(H,101,113)(H,102,121)(H,103,123)(H,104,125)(H,105,120)(H,106,122)(H,126,127)(H2,129,130,131)(H2,132,133,134)/t39-,40-,54+,55-,62+,66-,67-,69+,70+,71-,72+,73-,74+,75+,76-,77+,79+,80-,81-,89-,92-,93-/m0/s1. The average molecular weight is 2140 g/mol. The molecule has 53 heteroatoms. The fraction of sp³-hybridized carbons (Fsp3) is 0.430. The van der Waals surface area contributed by atoms with Crippen molar-refractivity contribution in [1.82, 2.24) is 47.4 Å². The Kier molecular flexibility index (Phi) is 34.8. The van der Waals surface area contributed by atoms with E-state index in [1.807, 2.05) is 0 Å². The number of aliphatic hydroxyl groups excluding tert-OH is 6. The second-order valence-corrected chi connectivity index (χ2v) is 41.6. The minimum atomic E-state index is -5.69. The van der Waals surface area contributed by atoms with E-state index in [4.69, 9.17) is 93.6 Å². The summed E-state index contributed by atoms with van der Waals surface area (Å²) in [6, 6.07) is 11.3. The largest absolute Gasteiger partial charge is 0.508 e. The molecule has 26 N–H and O–H groups in total. The number of nitrogens with one attached hydrogen (secondary N) is 8. The number of hydrogen-bond acceptors (Lipinski definition) is 34. The van der Waals surface area contributed by atoms with E-state index in [1.54, 1.807) is 62.4 Å². The monoisotopic (exact) mass is 2140 g/mol. The Labute approximate surface area is 845 Å². The summed E-state index contributed by atoms with van der Waals surface area (Å²) in [7, 11) is -9.95. The van der Waals surface area contributed by atoms with Crippen molar-refractivity contribution >= 4 is 115 Å². The van der Waals surface area contributed by atoms with Crippen molar-refractivity contribution in [3.8, 4) is 68.2 Å². The number of phenolic OH excluding ortho intramolecular Hbond substituents is 3. The van der Waals surface area contributed by atoms with Crippen LogP contribution in [-0.2, 0) is 96.8 Å². The van der Waals surface area contributed by atoms with E-state index in [9.17, 15) is 104 Å². The summed E-state index contributed by atoms with van der Waals surface area (Å²) in [6.45, 7) is 6.15. The average Bonchev–Trinajstić information content (AvgIpc) is 0.773. The van der Waals surface area contributed by atoms with Crippen LogP contribution in [0.4, 0.5) is 4.79 Å². The molecule has 0 aromatic heterocycles. The van der Waals surface area contributed by atoms with Crippen molar-refractivity contribution in [3.05, 3.63) is 176 Å². The summed E-state index contributed by atoms with van der Waals surface area (Å²) in [5.74, 6) is -20.3. The van der Waals surface area contributed by atoms with Crippen LogP contribution in [0.1, 0.15) is 144 Å². The van der Waals surface area contributed by atoms with Gasteiger partial charge in [-0.1, -0.05) is 103 Å². The molecule has 8 heterocycles.